The first-order valence-electron chi connectivity index (χ1n) is 9.96. The third kappa shape index (κ3) is 4.47. The molecular formula is C23H25ClN2O3. The summed E-state index contributed by atoms with van der Waals surface area (Å²) >= 11 is 5.89. The number of aromatic amines is 1. The number of amides is 1. The standard InChI is InChI=1S/C23H25ClN2O3/c24-18-6-4-16(5-7-18)14-21(27)25-11-8-17-15-26-20-3-1-2-19(22(17)20)23(28)9-12-29-13-10-23/h1-7,15,26,28H,8-14H2,(H,25,27). The van der Waals surface area contributed by atoms with Gasteiger partial charge in [0.05, 0.1) is 12.0 Å². The lowest BCUT2D eigenvalue weighted by atomic mass is 9.83. The van der Waals surface area contributed by atoms with Crippen LogP contribution in [0.25, 0.3) is 10.9 Å². The largest absolute Gasteiger partial charge is 0.385 e. The van der Waals surface area contributed by atoms with E-state index in [1.807, 2.05) is 36.5 Å². The lowest BCUT2D eigenvalue weighted by Crippen LogP contribution is -2.33. The zero-order chi connectivity index (χ0) is 20.3. The fraction of sp³-hybridized carbons (Fsp3) is 0.348. The van der Waals surface area contributed by atoms with Crippen LogP contribution in [0.3, 0.4) is 0 Å². The Morgan fingerprint density at radius 2 is 1.93 bits per heavy atom. The van der Waals surface area contributed by atoms with Crippen molar-refractivity contribution in [3.63, 3.8) is 0 Å². The minimum atomic E-state index is -0.869. The molecule has 2 aromatic carbocycles. The molecule has 0 unspecified atom stereocenters. The fourth-order valence-corrected chi connectivity index (χ4v) is 4.13. The summed E-state index contributed by atoms with van der Waals surface area (Å²) in [6.45, 7) is 1.66. The van der Waals surface area contributed by atoms with Crippen LogP contribution in [0.15, 0.2) is 48.7 Å². The molecule has 29 heavy (non-hydrogen) atoms. The summed E-state index contributed by atoms with van der Waals surface area (Å²) in [5, 5.41) is 15.9. The van der Waals surface area contributed by atoms with Gasteiger partial charge in [-0.15, -0.1) is 0 Å². The highest BCUT2D eigenvalue weighted by atomic mass is 35.5. The van der Waals surface area contributed by atoms with Gasteiger partial charge in [0.25, 0.3) is 0 Å². The molecule has 0 atom stereocenters. The van der Waals surface area contributed by atoms with Crippen LogP contribution in [-0.2, 0) is 28.0 Å². The van der Waals surface area contributed by atoms with Gasteiger partial charge in [0.15, 0.2) is 0 Å². The summed E-state index contributed by atoms with van der Waals surface area (Å²) < 4.78 is 5.43. The number of aliphatic hydroxyl groups is 1. The number of hydrogen-bond donors (Lipinski definition) is 3. The van der Waals surface area contributed by atoms with E-state index in [9.17, 15) is 9.90 Å². The van der Waals surface area contributed by atoms with Crippen LogP contribution in [-0.4, -0.2) is 35.8 Å². The van der Waals surface area contributed by atoms with Gasteiger partial charge in [-0.05, 0) is 41.3 Å². The molecule has 3 aromatic rings. The first kappa shape index (κ1) is 20.0. The van der Waals surface area contributed by atoms with E-state index in [1.165, 1.54) is 0 Å². The van der Waals surface area contributed by atoms with Crippen molar-refractivity contribution in [1.29, 1.82) is 0 Å². The minimum Gasteiger partial charge on any atom is -0.385 e. The number of hydrogen-bond acceptors (Lipinski definition) is 3. The van der Waals surface area contributed by atoms with E-state index in [4.69, 9.17) is 16.3 Å². The molecule has 1 amide bonds. The van der Waals surface area contributed by atoms with Crippen molar-refractivity contribution < 1.29 is 14.6 Å². The SMILES string of the molecule is O=C(Cc1ccc(Cl)cc1)NCCc1c[nH]c2cccc(C3(O)CCOCC3)c12. The Hall–Kier alpha value is -2.34. The van der Waals surface area contributed by atoms with Crippen molar-refractivity contribution in [2.24, 2.45) is 0 Å². The number of halogens is 1. The molecule has 0 saturated carbocycles. The molecule has 4 rings (SSSR count). The zero-order valence-corrected chi connectivity index (χ0v) is 17.0. The van der Waals surface area contributed by atoms with Crippen LogP contribution in [0.4, 0.5) is 0 Å². The maximum absolute atomic E-state index is 12.2. The number of fused-ring (bicyclic) bond motifs is 1. The maximum Gasteiger partial charge on any atom is 0.224 e. The smallest absolute Gasteiger partial charge is 0.224 e. The van der Waals surface area contributed by atoms with Crippen molar-refractivity contribution in [3.8, 4) is 0 Å². The number of benzene rings is 2. The highest BCUT2D eigenvalue weighted by molar-refractivity contribution is 6.30. The van der Waals surface area contributed by atoms with Gasteiger partial charge in [0, 0.05) is 54.7 Å². The van der Waals surface area contributed by atoms with Crippen molar-refractivity contribution in [3.05, 3.63) is 70.4 Å². The molecule has 0 spiro atoms. The molecule has 0 aliphatic carbocycles. The number of ether oxygens (including phenoxy) is 1. The summed E-state index contributed by atoms with van der Waals surface area (Å²) in [4.78, 5) is 15.5. The van der Waals surface area contributed by atoms with Crippen molar-refractivity contribution >= 4 is 28.4 Å². The zero-order valence-electron chi connectivity index (χ0n) is 16.2. The van der Waals surface area contributed by atoms with Crippen molar-refractivity contribution in [2.75, 3.05) is 19.8 Å². The summed E-state index contributed by atoms with van der Waals surface area (Å²) in [5.74, 6) is -0.0181. The molecule has 1 aliphatic heterocycles. The number of rotatable bonds is 6. The lowest BCUT2D eigenvalue weighted by molar-refractivity contribution is -0.120. The molecule has 0 bridgehead atoms. The second-order valence-electron chi connectivity index (χ2n) is 7.59. The molecule has 1 fully saturated rings. The van der Waals surface area contributed by atoms with Crippen LogP contribution in [0.5, 0.6) is 0 Å². The van der Waals surface area contributed by atoms with Gasteiger partial charge in [-0.2, -0.15) is 0 Å². The Kier molecular flexibility index (Phi) is 5.90. The third-order valence-corrected chi connectivity index (χ3v) is 5.86. The minimum absolute atomic E-state index is 0.0181. The van der Waals surface area contributed by atoms with E-state index in [2.05, 4.69) is 10.3 Å². The average Bonchev–Trinajstić information content (AvgIpc) is 3.13. The van der Waals surface area contributed by atoms with E-state index < -0.39 is 5.60 Å². The number of H-pyrrole nitrogens is 1. The van der Waals surface area contributed by atoms with Gasteiger partial charge in [-0.1, -0.05) is 35.9 Å². The van der Waals surface area contributed by atoms with Gasteiger partial charge in [-0.25, -0.2) is 0 Å². The summed E-state index contributed by atoms with van der Waals surface area (Å²) in [7, 11) is 0. The predicted molar refractivity (Wildman–Crippen MR) is 114 cm³/mol. The van der Waals surface area contributed by atoms with Crippen molar-refractivity contribution in [1.82, 2.24) is 10.3 Å². The van der Waals surface area contributed by atoms with Crippen LogP contribution in [0.2, 0.25) is 5.02 Å². The van der Waals surface area contributed by atoms with Crippen LogP contribution < -0.4 is 5.32 Å². The lowest BCUT2D eigenvalue weighted by Gasteiger charge is -2.33. The van der Waals surface area contributed by atoms with E-state index in [0.717, 1.165) is 27.6 Å². The van der Waals surface area contributed by atoms with E-state index in [1.54, 1.807) is 12.1 Å². The van der Waals surface area contributed by atoms with Gasteiger partial charge >= 0.3 is 0 Å². The molecule has 6 heteroatoms. The van der Waals surface area contributed by atoms with E-state index in [0.29, 0.717) is 50.5 Å². The molecule has 1 aromatic heterocycles. The topological polar surface area (TPSA) is 74.4 Å². The highest BCUT2D eigenvalue weighted by Gasteiger charge is 2.33. The van der Waals surface area contributed by atoms with Gasteiger partial charge in [-0.3, -0.25) is 4.79 Å². The molecular weight excluding hydrogens is 388 g/mol. The summed E-state index contributed by atoms with van der Waals surface area (Å²) in [6.07, 6.45) is 4.18. The second kappa shape index (κ2) is 8.57. The highest BCUT2D eigenvalue weighted by Crippen LogP contribution is 2.37. The average molecular weight is 413 g/mol. The number of nitrogens with one attached hydrogen (secondary N) is 2. The molecule has 5 nitrogen and oxygen atoms in total. The first-order valence-corrected chi connectivity index (χ1v) is 10.3. The van der Waals surface area contributed by atoms with Gasteiger partial charge in [0.1, 0.15) is 0 Å². The van der Waals surface area contributed by atoms with E-state index in [-0.39, 0.29) is 5.91 Å². The molecule has 1 saturated heterocycles. The Balaban J connectivity index is 1.44. The Morgan fingerprint density at radius 3 is 2.69 bits per heavy atom. The van der Waals surface area contributed by atoms with Crippen molar-refractivity contribution in [2.45, 2.75) is 31.3 Å². The summed E-state index contributed by atoms with van der Waals surface area (Å²) in [6, 6.07) is 13.3. The maximum atomic E-state index is 12.2. The predicted octanol–water partition coefficient (Wildman–Crippen LogP) is 3.72. The molecule has 152 valence electrons. The molecule has 0 radical (unpaired) electrons. The van der Waals surface area contributed by atoms with Crippen LogP contribution >= 0.6 is 11.6 Å². The Bertz CT molecular complexity index is 991. The third-order valence-electron chi connectivity index (χ3n) is 5.60. The number of carbonyl (C=O) groups is 1. The molecule has 2 heterocycles. The van der Waals surface area contributed by atoms with Crippen LogP contribution in [0.1, 0.15) is 29.5 Å². The first-order chi connectivity index (χ1) is 14.0. The Morgan fingerprint density at radius 1 is 1.17 bits per heavy atom. The molecule has 1 aliphatic rings. The summed E-state index contributed by atoms with van der Waals surface area (Å²) in [5.41, 5.74) is 3.12. The quantitative estimate of drug-likeness (QED) is 0.577. The second-order valence-corrected chi connectivity index (χ2v) is 8.03. The van der Waals surface area contributed by atoms with E-state index >= 15 is 0 Å². The monoisotopic (exact) mass is 412 g/mol. The number of carbonyl (C=O) groups excluding carboxylic acids is 1. The number of aromatic nitrogens is 1. The molecule has 3 N–H and O–H groups in total. The normalized spacial score (nSPS) is 16.1. The fourth-order valence-electron chi connectivity index (χ4n) is 4.01. The van der Waals surface area contributed by atoms with Gasteiger partial charge in [0.2, 0.25) is 5.91 Å². The van der Waals surface area contributed by atoms with Gasteiger partial charge < -0.3 is 20.1 Å². The Labute approximate surface area is 175 Å². The van der Waals surface area contributed by atoms with Crippen LogP contribution in [0, 0.1) is 0 Å².